The normalized spacial score (nSPS) is 19.4. The van der Waals surface area contributed by atoms with Crippen molar-refractivity contribution in [3.05, 3.63) is 52.9 Å². The molecular formula is C18H20N2S. The summed E-state index contributed by atoms with van der Waals surface area (Å²) in [5, 5.41) is 3.51. The largest absolute Gasteiger partial charge is 0.354 e. The van der Waals surface area contributed by atoms with Gasteiger partial charge in [-0.1, -0.05) is 25.0 Å². The third-order valence-corrected chi connectivity index (χ3v) is 5.07. The zero-order chi connectivity index (χ0) is 14.7. The summed E-state index contributed by atoms with van der Waals surface area (Å²) in [6.45, 7) is 6.63. The third kappa shape index (κ3) is 2.97. The van der Waals surface area contributed by atoms with E-state index in [1.165, 1.54) is 10.6 Å². The minimum atomic E-state index is 0.407. The van der Waals surface area contributed by atoms with E-state index in [4.69, 9.17) is 6.42 Å². The molecule has 2 nitrogen and oxygen atoms in total. The van der Waals surface area contributed by atoms with Gasteiger partial charge in [0.15, 0.2) is 0 Å². The molecule has 1 fully saturated rings. The summed E-state index contributed by atoms with van der Waals surface area (Å²) in [6, 6.07) is 13.2. The Kier molecular flexibility index (Phi) is 4.28. The van der Waals surface area contributed by atoms with Crippen molar-refractivity contribution in [3.8, 4) is 12.3 Å². The highest BCUT2D eigenvalue weighted by molar-refractivity contribution is 7.14. The van der Waals surface area contributed by atoms with Gasteiger partial charge in [-0.15, -0.1) is 17.8 Å². The van der Waals surface area contributed by atoms with E-state index in [1.807, 2.05) is 23.5 Å². The Balaban J connectivity index is 1.90. The number of hydrogen-bond acceptors (Lipinski definition) is 3. The van der Waals surface area contributed by atoms with Gasteiger partial charge >= 0.3 is 0 Å². The quantitative estimate of drug-likeness (QED) is 0.798. The minimum Gasteiger partial charge on any atom is -0.354 e. The third-order valence-electron chi connectivity index (χ3n) is 4.16. The van der Waals surface area contributed by atoms with Gasteiger partial charge in [0.2, 0.25) is 0 Å². The Labute approximate surface area is 131 Å². The molecule has 3 rings (SSSR count). The lowest BCUT2D eigenvalue weighted by molar-refractivity contribution is 0.235. The Hall–Kier alpha value is -1.76. The fraction of sp³-hybridized carbons (Fsp3) is 0.333. The monoisotopic (exact) mass is 296 g/mol. The molecule has 21 heavy (non-hydrogen) atoms. The van der Waals surface area contributed by atoms with Gasteiger partial charge in [-0.25, -0.2) is 0 Å². The summed E-state index contributed by atoms with van der Waals surface area (Å²) in [6.07, 6.45) is 5.46. The zero-order valence-electron chi connectivity index (χ0n) is 12.3. The van der Waals surface area contributed by atoms with E-state index >= 15 is 0 Å². The summed E-state index contributed by atoms with van der Waals surface area (Å²) >= 11 is 1.82. The Bertz CT molecular complexity index is 610. The van der Waals surface area contributed by atoms with Gasteiger partial charge in [-0.3, -0.25) is 4.90 Å². The lowest BCUT2D eigenvalue weighted by Gasteiger charge is -2.42. The highest BCUT2D eigenvalue weighted by Gasteiger charge is 2.28. The molecule has 0 spiro atoms. The number of nitrogens with zero attached hydrogens (tertiary/aromatic N) is 2. The van der Waals surface area contributed by atoms with Gasteiger partial charge in [0.05, 0.1) is 11.0 Å². The number of hydrogen-bond donors (Lipinski definition) is 0. The molecule has 1 aliphatic heterocycles. The van der Waals surface area contributed by atoms with Crippen molar-refractivity contribution < 1.29 is 0 Å². The van der Waals surface area contributed by atoms with E-state index in [-0.39, 0.29) is 0 Å². The number of rotatable bonds is 3. The van der Waals surface area contributed by atoms with Crippen LogP contribution in [0.25, 0.3) is 0 Å². The molecule has 1 saturated heterocycles. The topological polar surface area (TPSA) is 6.48 Å². The van der Waals surface area contributed by atoms with Crippen LogP contribution in [0.3, 0.4) is 0 Å². The Morgan fingerprint density at radius 2 is 2.05 bits per heavy atom. The van der Waals surface area contributed by atoms with E-state index in [9.17, 15) is 0 Å². The van der Waals surface area contributed by atoms with E-state index in [0.29, 0.717) is 6.04 Å². The maximum absolute atomic E-state index is 5.46. The first-order chi connectivity index (χ1) is 10.3. The average molecular weight is 296 g/mol. The summed E-state index contributed by atoms with van der Waals surface area (Å²) in [4.78, 5) is 5.05. The molecule has 1 unspecified atom stereocenters. The molecule has 0 bridgehead atoms. The maximum atomic E-state index is 5.46. The number of terminal acetylenes is 1. The number of benzene rings is 1. The Morgan fingerprint density at radius 1 is 1.24 bits per heavy atom. The van der Waals surface area contributed by atoms with Gasteiger partial charge in [-0.2, -0.15) is 0 Å². The fourth-order valence-electron chi connectivity index (χ4n) is 2.91. The second-order valence-corrected chi connectivity index (χ2v) is 6.25. The van der Waals surface area contributed by atoms with Crippen LogP contribution in [0, 0.1) is 12.3 Å². The summed E-state index contributed by atoms with van der Waals surface area (Å²) in [7, 11) is 0. The van der Waals surface area contributed by atoms with Crippen LogP contribution in [0.4, 0.5) is 5.00 Å². The molecule has 0 N–H and O–H groups in total. The first kappa shape index (κ1) is 14.2. The number of anilines is 1. The molecule has 2 heterocycles. The molecule has 1 aromatic heterocycles. The van der Waals surface area contributed by atoms with Gasteiger partial charge < -0.3 is 4.90 Å². The van der Waals surface area contributed by atoms with Crippen molar-refractivity contribution in [1.29, 1.82) is 0 Å². The molecule has 0 aliphatic carbocycles. The van der Waals surface area contributed by atoms with Crippen molar-refractivity contribution >= 4 is 16.3 Å². The van der Waals surface area contributed by atoms with E-state index < -0.39 is 0 Å². The number of likely N-dealkylation sites (N-methyl/N-ethyl adjacent to an activating group) is 1. The van der Waals surface area contributed by atoms with Crippen LogP contribution in [0.15, 0.2) is 41.8 Å². The second kappa shape index (κ2) is 6.34. The molecule has 2 aromatic rings. The lowest BCUT2D eigenvalue weighted by atomic mass is 10.0. The van der Waals surface area contributed by atoms with Crippen LogP contribution in [0.2, 0.25) is 0 Å². The zero-order valence-corrected chi connectivity index (χ0v) is 13.1. The molecule has 1 aromatic carbocycles. The van der Waals surface area contributed by atoms with Gasteiger partial charge in [0.1, 0.15) is 0 Å². The highest BCUT2D eigenvalue weighted by atomic mass is 32.1. The van der Waals surface area contributed by atoms with Crippen molar-refractivity contribution in [2.75, 3.05) is 31.1 Å². The van der Waals surface area contributed by atoms with Gasteiger partial charge in [0, 0.05) is 25.2 Å². The predicted molar refractivity (Wildman–Crippen MR) is 90.9 cm³/mol. The minimum absolute atomic E-state index is 0.407. The van der Waals surface area contributed by atoms with Gasteiger partial charge in [0.25, 0.3) is 0 Å². The molecule has 0 amide bonds. The summed E-state index contributed by atoms with van der Waals surface area (Å²) in [5.41, 5.74) is 2.30. The molecule has 0 radical (unpaired) electrons. The van der Waals surface area contributed by atoms with Gasteiger partial charge in [-0.05, 0) is 41.8 Å². The van der Waals surface area contributed by atoms with Crippen molar-refractivity contribution in [2.45, 2.75) is 13.0 Å². The van der Waals surface area contributed by atoms with Crippen molar-refractivity contribution in [3.63, 3.8) is 0 Å². The molecule has 3 heteroatoms. The van der Waals surface area contributed by atoms with Crippen LogP contribution in [0.5, 0.6) is 0 Å². The van der Waals surface area contributed by atoms with Crippen LogP contribution < -0.4 is 4.90 Å². The second-order valence-electron chi connectivity index (χ2n) is 5.32. The molecule has 1 aliphatic rings. The number of piperazine rings is 1. The smallest absolute Gasteiger partial charge is 0.0914 e. The highest BCUT2D eigenvalue weighted by Crippen LogP contribution is 2.33. The first-order valence-corrected chi connectivity index (χ1v) is 8.29. The van der Waals surface area contributed by atoms with E-state index in [0.717, 1.165) is 31.7 Å². The van der Waals surface area contributed by atoms with Crippen LogP contribution in [-0.4, -0.2) is 31.1 Å². The van der Waals surface area contributed by atoms with Crippen LogP contribution in [0.1, 0.15) is 24.1 Å². The molecule has 0 saturated carbocycles. The van der Waals surface area contributed by atoms with Crippen LogP contribution >= 0.6 is 11.3 Å². The molecular weight excluding hydrogens is 276 g/mol. The average Bonchev–Trinajstić information content (AvgIpc) is 3.08. The first-order valence-electron chi connectivity index (χ1n) is 7.41. The SMILES string of the molecule is C#Cc1ccc(C2CN(CC)CCN2c2cccs2)cc1. The standard InChI is InChI=1S/C18H20N2S/c1-3-15-7-9-16(10-8-15)17-14-19(4-2)11-12-20(17)18-6-5-13-21-18/h1,5-10,13,17H,4,11-12,14H2,2H3. The van der Waals surface area contributed by atoms with Crippen molar-refractivity contribution in [2.24, 2.45) is 0 Å². The van der Waals surface area contributed by atoms with Crippen LogP contribution in [-0.2, 0) is 0 Å². The summed E-state index contributed by atoms with van der Waals surface area (Å²) < 4.78 is 0. The number of thiophene rings is 1. The molecule has 1 atom stereocenters. The lowest BCUT2D eigenvalue weighted by Crippen LogP contribution is -2.48. The van der Waals surface area contributed by atoms with Crippen molar-refractivity contribution in [1.82, 2.24) is 4.90 Å². The predicted octanol–water partition coefficient (Wildman–Crippen LogP) is 3.61. The maximum Gasteiger partial charge on any atom is 0.0914 e. The molecule has 108 valence electrons. The van der Waals surface area contributed by atoms with E-state index in [2.05, 4.69) is 52.3 Å². The summed E-state index contributed by atoms with van der Waals surface area (Å²) in [5.74, 6) is 2.69. The Morgan fingerprint density at radius 3 is 2.67 bits per heavy atom. The fourth-order valence-corrected chi connectivity index (χ4v) is 3.72. The van der Waals surface area contributed by atoms with E-state index in [1.54, 1.807) is 0 Å².